The van der Waals surface area contributed by atoms with Crippen LogP contribution in [-0.2, 0) is 6.54 Å². The molecule has 0 saturated carbocycles. The van der Waals surface area contributed by atoms with Crippen LogP contribution < -0.4 is 0 Å². The van der Waals surface area contributed by atoms with Crippen LogP contribution in [0.2, 0.25) is 0 Å². The van der Waals surface area contributed by atoms with Gasteiger partial charge in [0.15, 0.2) is 0 Å². The Morgan fingerprint density at radius 2 is 1.86 bits per heavy atom. The normalized spacial score (nSPS) is 18.9. The van der Waals surface area contributed by atoms with Gasteiger partial charge in [-0.25, -0.2) is 0 Å². The summed E-state index contributed by atoms with van der Waals surface area (Å²) in [5.41, 5.74) is 6.51. The van der Waals surface area contributed by atoms with Gasteiger partial charge in [-0.05, 0) is 31.2 Å². The molecule has 4 rings (SSSR count). The predicted octanol–water partition coefficient (Wildman–Crippen LogP) is 4.32. The Hall–Kier alpha value is -2.06. The maximum atomic E-state index is 5.74. The molecule has 1 atom stereocenters. The first kappa shape index (κ1) is 12.7. The van der Waals surface area contributed by atoms with Crippen molar-refractivity contribution in [1.29, 1.82) is 0 Å². The number of rotatable bonds is 1. The molecule has 3 aromatic rings. The molecular weight excluding hydrogens is 258 g/mol. The van der Waals surface area contributed by atoms with Gasteiger partial charge in [0.2, 0.25) is 0 Å². The van der Waals surface area contributed by atoms with Gasteiger partial charge in [-0.3, -0.25) is 0 Å². The van der Waals surface area contributed by atoms with Crippen molar-refractivity contribution in [3.05, 3.63) is 71.0 Å². The first-order valence-electron chi connectivity index (χ1n) is 7.46. The van der Waals surface area contributed by atoms with Gasteiger partial charge in [-0.2, -0.15) is 0 Å². The van der Waals surface area contributed by atoms with E-state index in [1.54, 1.807) is 6.26 Å². The van der Waals surface area contributed by atoms with Crippen molar-refractivity contribution in [3.8, 4) is 0 Å². The molecule has 1 aliphatic heterocycles. The summed E-state index contributed by atoms with van der Waals surface area (Å²) in [4.78, 5) is 2.38. The summed E-state index contributed by atoms with van der Waals surface area (Å²) in [7, 11) is 2.19. The largest absolute Gasteiger partial charge is 0.464 e. The predicted molar refractivity (Wildman–Crippen MR) is 85.6 cm³/mol. The van der Waals surface area contributed by atoms with Crippen LogP contribution in [0.15, 0.2) is 53.1 Å². The van der Waals surface area contributed by atoms with E-state index in [2.05, 4.69) is 55.3 Å². The molecule has 2 nitrogen and oxygen atoms in total. The van der Waals surface area contributed by atoms with Gasteiger partial charge in [0.25, 0.3) is 0 Å². The first-order valence-corrected chi connectivity index (χ1v) is 7.46. The van der Waals surface area contributed by atoms with E-state index in [0.717, 1.165) is 18.7 Å². The van der Waals surface area contributed by atoms with Crippen LogP contribution in [-0.4, -0.2) is 18.5 Å². The van der Waals surface area contributed by atoms with Crippen molar-refractivity contribution in [2.75, 3.05) is 13.6 Å². The van der Waals surface area contributed by atoms with Crippen molar-refractivity contribution >= 4 is 11.0 Å². The number of aryl methyl sites for hydroxylation is 1. The van der Waals surface area contributed by atoms with E-state index < -0.39 is 0 Å². The molecule has 0 saturated heterocycles. The van der Waals surface area contributed by atoms with Gasteiger partial charge in [0.1, 0.15) is 5.58 Å². The van der Waals surface area contributed by atoms with Crippen molar-refractivity contribution in [3.63, 3.8) is 0 Å². The highest BCUT2D eigenvalue weighted by molar-refractivity contribution is 5.82. The van der Waals surface area contributed by atoms with Gasteiger partial charge < -0.3 is 9.32 Å². The van der Waals surface area contributed by atoms with Crippen LogP contribution in [0.3, 0.4) is 0 Å². The highest BCUT2D eigenvalue weighted by Crippen LogP contribution is 2.37. The Bertz CT molecular complexity index is 785. The highest BCUT2D eigenvalue weighted by Gasteiger charge is 2.27. The monoisotopic (exact) mass is 277 g/mol. The number of likely N-dealkylation sites (N-methyl/N-ethyl adjacent to an activating group) is 1. The molecule has 0 amide bonds. The van der Waals surface area contributed by atoms with Gasteiger partial charge >= 0.3 is 0 Å². The van der Waals surface area contributed by atoms with Crippen molar-refractivity contribution < 1.29 is 4.42 Å². The van der Waals surface area contributed by atoms with Crippen LogP contribution in [0.25, 0.3) is 11.0 Å². The standard InChI is InChI=1S/C19H19NO/c1-13-3-5-14(6-4-13)17-11-20(2)12-18-16(17)8-7-15-9-10-21-19(15)18/h3-10,17H,11-12H2,1-2H3. The molecule has 2 heterocycles. The minimum atomic E-state index is 0.425. The lowest BCUT2D eigenvalue weighted by Crippen LogP contribution is -2.31. The zero-order valence-electron chi connectivity index (χ0n) is 12.5. The lowest BCUT2D eigenvalue weighted by Gasteiger charge is -2.32. The van der Waals surface area contributed by atoms with E-state index in [1.165, 1.54) is 27.6 Å². The van der Waals surface area contributed by atoms with Crippen molar-refractivity contribution in [2.45, 2.75) is 19.4 Å². The number of furan rings is 1. The lowest BCUT2D eigenvalue weighted by atomic mass is 9.84. The van der Waals surface area contributed by atoms with E-state index in [9.17, 15) is 0 Å². The molecule has 0 aliphatic carbocycles. The SMILES string of the molecule is Cc1ccc(C2CN(C)Cc3c2ccc2ccoc32)cc1. The van der Waals surface area contributed by atoms with Gasteiger partial charge in [-0.15, -0.1) is 0 Å². The van der Waals surface area contributed by atoms with Gasteiger partial charge in [0, 0.05) is 30.0 Å². The summed E-state index contributed by atoms with van der Waals surface area (Å²) in [6.07, 6.45) is 1.79. The number of hydrogen-bond acceptors (Lipinski definition) is 2. The molecule has 0 spiro atoms. The molecule has 2 heteroatoms. The third-order valence-electron chi connectivity index (χ3n) is 4.54. The second-order valence-corrected chi connectivity index (χ2v) is 6.13. The molecule has 0 bridgehead atoms. The summed E-state index contributed by atoms with van der Waals surface area (Å²) < 4.78 is 5.74. The minimum absolute atomic E-state index is 0.425. The second-order valence-electron chi connectivity index (χ2n) is 6.13. The molecule has 1 aliphatic rings. The summed E-state index contributed by atoms with van der Waals surface area (Å²) in [5, 5.41) is 1.20. The van der Waals surface area contributed by atoms with Crippen molar-refractivity contribution in [2.24, 2.45) is 0 Å². The van der Waals surface area contributed by atoms with Crippen LogP contribution in [0.4, 0.5) is 0 Å². The van der Waals surface area contributed by atoms with Crippen LogP contribution in [0.1, 0.15) is 28.2 Å². The fraction of sp³-hybridized carbons (Fsp3) is 0.263. The quantitative estimate of drug-likeness (QED) is 0.658. The number of benzene rings is 2. The topological polar surface area (TPSA) is 16.4 Å². The van der Waals surface area contributed by atoms with Gasteiger partial charge in [0.05, 0.1) is 6.26 Å². The number of nitrogens with zero attached hydrogens (tertiary/aromatic N) is 1. The molecular formula is C19H19NO. The number of fused-ring (bicyclic) bond motifs is 3. The molecule has 0 N–H and O–H groups in total. The highest BCUT2D eigenvalue weighted by atomic mass is 16.3. The Labute approximate surface area is 125 Å². The van der Waals surface area contributed by atoms with Crippen molar-refractivity contribution in [1.82, 2.24) is 4.90 Å². The Morgan fingerprint density at radius 3 is 2.67 bits per heavy atom. The molecule has 106 valence electrons. The lowest BCUT2D eigenvalue weighted by molar-refractivity contribution is 0.295. The van der Waals surface area contributed by atoms with E-state index in [0.29, 0.717) is 5.92 Å². The maximum absolute atomic E-state index is 5.74. The zero-order valence-corrected chi connectivity index (χ0v) is 12.5. The first-order chi connectivity index (χ1) is 10.2. The average Bonchev–Trinajstić information content (AvgIpc) is 2.96. The average molecular weight is 277 g/mol. The molecule has 1 aromatic heterocycles. The zero-order chi connectivity index (χ0) is 14.4. The Kier molecular flexibility index (Phi) is 2.86. The fourth-order valence-electron chi connectivity index (χ4n) is 3.42. The molecule has 2 aromatic carbocycles. The summed E-state index contributed by atoms with van der Waals surface area (Å²) in [5.74, 6) is 0.425. The Balaban J connectivity index is 1.89. The smallest absolute Gasteiger partial charge is 0.138 e. The molecule has 0 fully saturated rings. The van der Waals surface area contributed by atoms with Gasteiger partial charge in [-0.1, -0.05) is 42.0 Å². The molecule has 1 unspecified atom stereocenters. The molecule has 0 radical (unpaired) electrons. The van der Waals surface area contributed by atoms with Crippen LogP contribution in [0, 0.1) is 6.92 Å². The third kappa shape index (κ3) is 2.07. The summed E-state index contributed by atoms with van der Waals surface area (Å²) >= 11 is 0. The van der Waals surface area contributed by atoms with E-state index in [4.69, 9.17) is 4.42 Å². The molecule has 21 heavy (non-hydrogen) atoms. The summed E-state index contributed by atoms with van der Waals surface area (Å²) in [6.45, 7) is 4.15. The van der Waals surface area contributed by atoms with Crippen LogP contribution >= 0.6 is 0 Å². The van der Waals surface area contributed by atoms with E-state index >= 15 is 0 Å². The second kappa shape index (κ2) is 4.74. The van der Waals surface area contributed by atoms with E-state index in [-0.39, 0.29) is 0 Å². The fourth-order valence-corrected chi connectivity index (χ4v) is 3.42. The van der Waals surface area contributed by atoms with Crippen LogP contribution in [0.5, 0.6) is 0 Å². The maximum Gasteiger partial charge on any atom is 0.138 e. The minimum Gasteiger partial charge on any atom is -0.464 e. The number of hydrogen-bond donors (Lipinski definition) is 0. The third-order valence-corrected chi connectivity index (χ3v) is 4.54. The van der Waals surface area contributed by atoms with E-state index in [1.807, 2.05) is 6.07 Å². The summed E-state index contributed by atoms with van der Waals surface area (Å²) in [6, 6.07) is 15.4. The Morgan fingerprint density at radius 1 is 1.05 bits per heavy atom.